The number of sulfonamides is 1. The van der Waals surface area contributed by atoms with E-state index in [9.17, 15) is 18.0 Å². The summed E-state index contributed by atoms with van der Waals surface area (Å²) in [4.78, 5) is 28.7. The fourth-order valence-electron chi connectivity index (χ4n) is 2.96. The predicted octanol–water partition coefficient (Wildman–Crippen LogP) is 1.85. The Morgan fingerprint density at radius 2 is 1.82 bits per heavy atom. The molecule has 1 aromatic carbocycles. The first-order valence-electron chi connectivity index (χ1n) is 8.68. The largest absolute Gasteiger partial charge is 0.288 e. The third-order valence-corrected chi connectivity index (χ3v) is 6.82. The zero-order valence-corrected chi connectivity index (χ0v) is 17.2. The Bertz CT molecular complexity index is 951. The van der Waals surface area contributed by atoms with E-state index >= 15 is 0 Å². The van der Waals surface area contributed by atoms with Gasteiger partial charge < -0.3 is 0 Å². The second-order valence-corrected chi connectivity index (χ2v) is 9.05. The molecule has 0 unspecified atom stereocenters. The van der Waals surface area contributed by atoms with Crippen LogP contribution < -0.4 is 10.9 Å². The normalized spacial score (nSPS) is 17.7. The lowest BCUT2D eigenvalue weighted by molar-refractivity contribution is -0.126. The van der Waals surface area contributed by atoms with Crippen molar-refractivity contribution in [1.29, 1.82) is 0 Å². The summed E-state index contributed by atoms with van der Waals surface area (Å²) in [5, 5.41) is 0. The van der Waals surface area contributed by atoms with Crippen LogP contribution in [0.1, 0.15) is 29.8 Å². The lowest BCUT2D eigenvalue weighted by Crippen LogP contribution is -2.55. The number of piperidine rings is 1. The monoisotopic (exact) mass is 466 g/mol. The average molecular weight is 467 g/mol. The molecular weight excluding hydrogens is 448 g/mol. The zero-order valence-electron chi connectivity index (χ0n) is 14.8. The molecule has 1 aromatic heterocycles. The molecule has 0 radical (unpaired) electrons. The Morgan fingerprint density at radius 1 is 1.07 bits per heavy atom. The minimum Gasteiger partial charge on any atom is -0.271 e. The van der Waals surface area contributed by atoms with Crippen LogP contribution in [0.2, 0.25) is 0 Å². The van der Waals surface area contributed by atoms with Crippen LogP contribution in [0.5, 0.6) is 0 Å². The molecule has 1 fully saturated rings. The predicted molar refractivity (Wildman–Crippen MR) is 106 cm³/mol. The second kappa shape index (κ2) is 8.80. The van der Waals surface area contributed by atoms with E-state index in [1.807, 2.05) is 0 Å². The van der Waals surface area contributed by atoms with Crippen LogP contribution in [-0.2, 0) is 14.8 Å². The standard InChI is InChI=1S/C18H19BrN4O4S/c19-13-7-9-14(10-8-13)28(26,27)23-12-4-2-6-16(23)18(25)22-21-17(24)15-5-1-3-11-20-15/h1,3,5,7-11,16H,2,4,6,12H2,(H,21,24)(H,22,25)/t16-/m1/s1. The van der Waals surface area contributed by atoms with E-state index in [0.29, 0.717) is 12.8 Å². The first kappa shape index (κ1) is 20.4. The number of amides is 2. The molecule has 1 saturated heterocycles. The average Bonchev–Trinajstić information content (AvgIpc) is 2.72. The number of carbonyl (C=O) groups excluding carboxylic acids is 2. The van der Waals surface area contributed by atoms with Gasteiger partial charge in [-0.2, -0.15) is 4.31 Å². The first-order chi connectivity index (χ1) is 13.4. The number of nitrogens with one attached hydrogen (secondary N) is 2. The third-order valence-electron chi connectivity index (χ3n) is 4.37. The van der Waals surface area contributed by atoms with E-state index in [4.69, 9.17) is 0 Å². The summed E-state index contributed by atoms with van der Waals surface area (Å²) in [5.41, 5.74) is 4.75. The number of benzene rings is 1. The maximum absolute atomic E-state index is 13.0. The first-order valence-corrected chi connectivity index (χ1v) is 10.9. The fraction of sp³-hybridized carbons (Fsp3) is 0.278. The van der Waals surface area contributed by atoms with Crippen molar-refractivity contribution in [3.8, 4) is 0 Å². The molecule has 0 spiro atoms. The van der Waals surface area contributed by atoms with Crippen molar-refractivity contribution in [3.63, 3.8) is 0 Å². The lowest BCUT2D eigenvalue weighted by atomic mass is 10.0. The van der Waals surface area contributed by atoms with Gasteiger partial charge in [-0.25, -0.2) is 8.42 Å². The number of carbonyl (C=O) groups is 2. The van der Waals surface area contributed by atoms with E-state index in [2.05, 4.69) is 31.8 Å². The van der Waals surface area contributed by atoms with Gasteiger partial charge in [0.15, 0.2) is 0 Å². The van der Waals surface area contributed by atoms with Gasteiger partial charge in [0.25, 0.3) is 11.8 Å². The van der Waals surface area contributed by atoms with E-state index in [1.165, 1.54) is 28.7 Å². The molecular formula is C18H19BrN4O4S. The van der Waals surface area contributed by atoms with Gasteiger partial charge in [0.05, 0.1) is 4.90 Å². The second-order valence-electron chi connectivity index (χ2n) is 6.24. The zero-order chi connectivity index (χ0) is 20.1. The summed E-state index contributed by atoms with van der Waals surface area (Å²) < 4.78 is 28.0. The maximum Gasteiger partial charge on any atom is 0.288 e. The lowest BCUT2D eigenvalue weighted by Gasteiger charge is -2.33. The fourth-order valence-corrected chi connectivity index (χ4v) is 4.88. The van der Waals surface area contributed by atoms with Crippen molar-refractivity contribution >= 4 is 37.8 Å². The molecule has 28 heavy (non-hydrogen) atoms. The number of pyridine rings is 1. The number of nitrogens with zero attached hydrogens (tertiary/aromatic N) is 2. The molecule has 2 heterocycles. The molecule has 3 rings (SSSR count). The van der Waals surface area contributed by atoms with E-state index in [1.54, 1.807) is 24.3 Å². The molecule has 2 aromatic rings. The van der Waals surface area contributed by atoms with Crippen molar-refractivity contribution < 1.29 is 18.0 Å². The summed E-state index contributed by atoms with van der Waals surface area (Å²) in [6, 6.07) is 10.2. The molecule has 1 atom stereocenters. The number of aromatic nitrogens is 1. The van der Waals surface area contributed by atoms with Crippen LogP contribution in [-0.4, -0.2) is 42.1 Å². The summed E-state index contributed by atoms with van der Waals surface area (Å²) in [7, 11) is -3.84. The van der Waals surface area contributed by atoms with Gasteiger partial charge in [-0.1, -0.05) is 28.4 Å². The van der Waals surface area contributed by atoms with Gasteiger partial charge in [-0.05, 0) is 49.2 Å². The number of halogens is 1. The van der Waals surface area contributed by atoms with Gasteiger partial charge >= 0.3 is 0 Å². The van der Waals surface area contributed by atoms with Gasteiger partial charge in [0.2, 0.25) is 10.0 Å². The summed E-state index contributed by atoms with van der Waals surface area (Å²) in [5.74, 6) is -1.16. The van der Waals surface area contributed by atoms with Crippen molar-refractivity contribution in [2.75, 3.05) is 6.54 Å². The Labute approximate surface area is 171 Å². The van der Waals surface area contributed by atoms with Crippen molar-refractivity contribution in [2.45, 2.75) is 30.2 Å². The highest BCUT2D eigenvalue weighted by Crippen LogP contribution is 2.26. The highest BCUT2D eigenvalue weighted by atomic mass is 79.9. The Balaban J connectivity index is 1.72. The summed E-state index contributed by atoms with van der Waals surface area (Å²) in [6.07, 6.45) is 3.23. The molecule has 2 amide bonds. The molecule has 0 saturated carbocycles. The molecule has 0 aliphatic carbocycles. The molecule has 2 N–H and O–H groups in total. The van der Waals surface area contributed by atoms with Crippen LogP contribution in [0.25, 0.3) is 0 Å². The Hall–Kier alpha value is -2.30. The van der Waals surface area contributed by atoms with Crippen LogP contribution in [0.3, 0.4) is 0 Å². The number of hydrogen-bond acceptors (Lipinski definition) is 5. The molecule has 1 aliphatic rings. The van der Waals surface area contributed by atoms with Gasteiger partial charge in [-0.15, -0.1) is 0 Å². The molecule has 8 nitrogen and oxygen atoms in total. The van der Waals surface area contributed by atoms with Gasteiger partial charge in [-0.3, -0.25) is 25.4 Å². The number of hydrogen-bond donors (Lipinski definition) is 2. The van der Waals surface area contributed by atoms with Crippen LogP contribution in [0.4, 0.5) is 0 Å². The highest BCUT2D eigenvalue weighted by molar-refractivity contribution is 9.10. The molecule has 10 heteroatoms. The SMILES string of the molecule is O=C(NNC(=O)[C@H]1CCCCN1S(=O)(=O)c1ccc(Br)cc1)c1ccccn1. The van der Waals surface area contributed by atoms with Crippen molar-refractivity contribution in [2.24, 2.45) is 0 Å². The Kier molecular flexibility index (Phi) is 6.42. The quantitative estimate of drug-likeness (QED) is 0.668. The van der Waals surface area contributed by atoms with Crippen molar-refractivity contribution in [1.82, 2.24) is 20.1 Å². The third kappa shape index (κ3) is 4.57. The highest BCUT2D eigenvalue weighted by Gasteiger charge is 2.37. The van der Waals surface area contributed by atoms with Crippen LogP contribution in [0.15, 0.2) is 58.0 Å². The van der Waals surface area contributed by atoms with E-state index < -0.39 is 27.9 Å². The molecule has 0 bridgehead atoms. The van der Waals surface area contributed by atoms with Crippen molar-refractivity contribution in [3.05, 3.63) is 58.8 Å². The van der Waals surface area contributed by atoms with E-state index in [0.717, 1.165) is 10.9 Å². The minimum atomic E-state index is -3.84. The van der Waals surface area contributed by atoms with Crippen LogP contribution >= 0.6 is 15.9 Å². The Morgan fingerprint density at radius 3 is 2.50 bits per heavy atom. The topological polar surface area (TPSA) is 108 Å². The summed E-state index contributed by atoms with van der Waals surface area (Å²) >= 11 is 3.28. The van der Waals surface area contributed by atoms with Gasteiger partial charge in [0.1, 0.15) is 11.7 Å². The molecule has 1 aliphatic heterocycles. The number of hydrazine groups is 1. The molecule has 148 valence electrons. The van der Waals surface area contributed by atoms with Crippen LogP contribution in [0, 0.1) is 0 Å². The maximum atomic E-state index is 13.0. The number of rotatable bonds is 4. The van der Waals surface area contributed by atoms with E-state index in [-0.39, 0.29) is 17.1 Å². The minimum absolute atomic E-state index is 0.118. The summed E-state index contributed by atoms with van der Waals surface area (Å²) in [6.45, 7) is 0.241. The smallest absolute Gasteiger partial charge is 0.271 e. The van der Waals surface area contributed by atoms with Gasteiger partial charge in [0, 0.05) is 17.2 Å².